The van der Waals surface area contributed by atoms with E-state index >= 15 is 0 Å². The number of hydrogen-bond acceptors (Lipinski definition) is 8. The molecule has 2 fully saturated rings. The number of thioether (sulfide) groups is 1. The van der Waals surface area contributed by atoms with Crippen molar-refractivity contribution in [2.24, 2.45) is 5.92 Å². The van der Waals surface area contributed by atoms with Crippen LogP contribution < -0.4 is 11.2 Å². The van der Waals surface area contributed by atoms with Crippen molar-refractivity contribution in [2.45, 2.75) is 50.6 Å². The molecule has 1 aliphatic carbocycles. The molecule has 8 nitrogen and oxygen atoms in total. The lowest BCUT2D eigenvalue weighted by molar-refractivity contribution is -0.174. The quantitative estimate of drug-likeness (QED) is 0.398. The summed E-state index contributed by atoms with van der Waals surface area (Å²) in [7, 11) is 0. The number of nitrogens with zero attached hydrogens (tertiary/aromatic N) is 1. The third kappa shape index (κ3) is 5.50. The number of nitrogens with one attached hydrogen (secondary N) is 1. The first-order valence-electron chi connectivity index (χ1n) is 12.4. The Morgan fingerprint density at radius 3 is 2.42 bits per heavy atom. The minimum atomic E-state index is -0.888. The lowest BCUT2D eigenvalue weighted by Crippen LogP contribution is -2.45. The molecule has 38 heavy (non-hydrogen) atoms. The third-order valence-electron chi connectivity index (χ3n) is 7.09. The van der Waals surface area contributed by atoms with Crippen LogP contribution in [0.2, 0.25) is 0 Å². The van der Waals surface area contributed by atoms with Crippen molar-refractivity contribution in [2.75, 3.05) is 12.9 Å². The Bertz CT molecular complexity index is 1380. The molecule has 1 aliphatic heterocycles. The lowest BCUT2D eigenvalue weighted by Gasteiger charge is -2.35. The van der Waals surface area contributed by atoms with Crippen molar-refractivity contribution in [1.29, 1.82) is 0 Å². The van der Waals surface area contributed by atoms with E-state index in [0.717, 1.165) is 11.1 Å². The molecule has 1 saturated heterocycles. The van der Waals surface area contributed by atoms with E-state index in [-0.39, 0.29) is 18.6 Å². The van der Waals surface area contributed by atoms with E-state index in [4.69, 9.17) is 31.2 Å². The van der Waals surface area contributed by atoms with Crippen molar-refractivity contribution < 1.29 is 18.9 Å². The molecule has 5 atom stereocenters. The number of hydrogen-bond donors (Lipinski definition) is 1. The fourth-order valence-corrected chi connectivity index (χ4v) is 5.67. The molecule has 3 aromatic rings. The minimum absolute atomic E-state index is 0.233. The highest BCUT2D eigenvalue weighted by atomic mass is 32.2. The van der Waals surface area contributed by atoms with Gasteiger partial charge in [0.1, 0.15) is 24.0 Å². The van der Waals surface area contributed by atoms with E-state index in [9.17, 15) is 9.59 Å². The summed E-state index contributed by atoms with van der Waals surface area (Å²) in [6.45, 7) is 2.65. The predicted octanol–water partition coefficient (Wildman–Crippen LogP) is 3.97. The standard InChI is InChI=1S/C28H30N2O6S2/c1-18-14-30(26(32)29-24(18)31)25-22-21(35-27(37)38-2)13-28(36-25,17-33-15-19-9-5-3-6-10-19)23(22)34-16-20-11-7-4-8-12-20/h3-12,14,21-23,25H,13,15-17H2,1-2H3,(H,29,31,32)/t21-,22+,23-,25+,28+/m0/s1. The first-order valence-corrected chi connectivity index (χ1v) is 14.1. The topological polar surface area (TPSA) is 91.8 Å². The molecule has 1 saturated carbocycles. The van der Waals surface area contributed by atoms with Gasteiger partial charge in [-0.25, -0.2) is 4.79 Å². The number of rotatable bonds is 9. The maximum absolute atomic E-state index is 12.9. The van der Waals surface area contributed by atoms with Crippen LogP contribution in [0.4, 0.5) is 0 Å². The second-order valence-electron chi connectivity index (χ2n) is 9.64. The van der Waals surface area contributed by atoms with Crippen molar-refractivity contribution in [3.63, 3.8) is 0 Å². The molecule has 200 valence electrons. The van der Waals surface area contributed by atoms with Gasteiger partial charge in [-0.15, -0.1) is 0 Å². The monoisotopic (exact) mass is 554 g/mol. The van der Waals surface area contributed by atoms with E-state index in [1.54, 1.807) is 6.92 Å². The zero-order chi connectivity index (χ0) is 26.7. The van der Waals surface area contributed by atoms with E-state index in [0.29, 0.717) is 29.6 Å². The Morgan fingerprint density at radius 2 is 1.76 bits per heavy atom. The minimum Gasteiger partial charge on any atom is -0.475 e. The number of aromatic nitrogens is 2. The summed E-state index contributed by atoms with van der Waals surface area (Å²) in [6, 6.07) is 19.8. The van der Waals surface area contributed by atoms with Gasteiger partial charge in [-0.3, -0.25) is 14.3 Å². The second kappa shape index (κ2) is 11.5. The Morgan fingerprint density at radius 1 is 1.11 bits per heavy atom. The molecule has 0 radical (unpaired) electrons. The summed E-state index contributed by atoms with van der Waals surface area (Å²) >= 11 is 6.76. The molecule has 0 unspecified atom stereocenters. The largest absolute Gasteiger partial charge is 0.475 e. The van der Waals surface area contributed by atoms with Crippen molar-refractivity contribution >= 4 is 28.4 Å². The average Bonchev–Trinajstić information content (AvgIpc) is 3.39. The maximum atomic E-state index is 12.9. The Kier molecular flexibility index (Phi) is 8.15. The van der Waals surface area contributed by atoms with Crippen molar-refractivity contribution in [3.05, 3.63) is 104 Å². The predicted molar refractivity (Wildman–Crippen MR) is 149 cm³/mol. The first kappa shape index (κ1) is 26.8. The highest BCUT2D eigenvalue weighted by molar-refractivity contribution is 8.22. The molecule has 2 heterocycles. The summed E-state index contributed by atoms with van der Waals surface area (Å²) in [5, 5.41) is 0. The molecule has 1 aromatic heterocycles. The van der Waals surface area contributed by atoms with E-state index in [1.165, 1.54) is 22.5 Å². The molecule has 2 aromatic carbocycles. The molecule has 0 amide bonds. The number of fused-ring (bicyclic) bond motifs is 2. The number of H-pyrrole nitrogens is 1. The third-order valence-corrected chi connectivity index (χ3v) is 8.12. The number of aryl methyl sites for hydroxylation is 1. The number of aromatic amines is 1. The van der Waals surface area contributed by atoms with Crippen LogP contribution in [0.1, 0.15) is 29.3 Å². The van der Waals surface area contributed by atoms with E-state index in [2.05, 4.69) is 4.98 Å². The summed E-state index contributed by atoms with van der Waals surface area (Å²) in [5.41, 5.74) is 0.601. The molecular formula is C28H30N2O6S2. The molecule has 2 aliphatic rings. The molecule has 0 spiro atoms. The molecule has 10 heteroatoms. The lowest BCUT2D eigenvalue weighted by atomic mass is 9.99. The Labute approximate surface area is 230 Å². The first-order chi connectivity index (χ1) is 18.4. The summed E-state index contributed by atoms with van der Waals surface area (Å²) in [6.07, 6.45) is 2.33. The van der Waals surface area contributed by atoms with E-state index < -0.39 is 29.2 Å². The van der Waals surface area contributed by atoms with Crippen LogP contribution in [-0.4, -0.2) is 44.6 Å². The fourth-order valence-electron chi connectivity index (χ4n) is 5.33. The molecule has 2 bridgehead atoms. The molecular weight excluding hydrogens is 524 g/mol. The van der Waals surface area contributed by atoms with Gasteiger partial charge in [0.15, 0.2) is 0 Å². The molecule has 1 N–H and O–H groups in total. The Hall–Kier alpha value is -2.76. The van der Waals surface area contributed by atoms with Gasteiger partial charge >= 0.3 is 5.69 Å². The highest BCUT2D eigenvalue weighted by Crippen LogP contribution is 2.55. The van der Waals surface area contributed by atoms with Crippen LogP contribution in [0, 0.1) is 12.8 Å². The van der Waals surface area contributed by atoms with Gasteiger partial charge in [-0.2, -0.15) is 0 Å². The van der Waals surface area contributed by atoms with Crippen LogP contribution in [-0.2, 0) is 32.2 Å². The highest BCUT2D eigenvalue weighted by Gasteiger charge is 2.67. The fraction of sp³-hybridized carbons (Fsp3) is 0.393. The Balaban J connectivity index is 1.49. The number of benzene rings is 2. The van der Waals surface area contributed by atoms with Crippen LogP contribution in [0.5, 0.6) is 0 Å². The van der Waals surface area contributed by atoms with Gasteiger partial charge in [0.05, 0.1) is 25.7 Å². The van der Waals surface area contributed by atoms with Crippen molar-refractivity contribution in [3.8, 4) is 0 Å². The summed E-state index contributed by atoms with van der Waals surface area (Å²) < 4.78 is 27.4. The number of ether oxygens (including phenoxy) is 4. The van der Waals surface area contributed by atoms with Gasteiger partial charge in [-0.05, 0) is 36.5 Å². The van der Waals surface area contributed by atoms with Crippen molar-refractivity contribution in [1.82, 2.24) is 9.55 Å². The van der Waals surface area contributed by atoms with Gasteiger partial charge < -0.3 is 18.9 Å². The van der Waals surface area contributed by atoms with Gasteiger partial charge in [-0.1, -0.05) is 72.4 Å². The maximum Gasteiger partial charge on any atom is 0.330 e. The molecule has 5 rings (SSSR count). The average molecular weight is 555 g/mol. The summed E-state index contributed by atoms with van der Waals surface area (Å²) in [5.74, 6) is -0.368. The van der Waals surface area contributed by atoms with Crippen LogP contribution in [0.25, 0.3) is 0 Å². The van der Waals surface area contributed by atoms with Gasteiger partial charge in [0.2, 0.25) is 4.38 Å². The zero-order valence-electron chi connectivity index (χ0n) is 21.2. The van der Waals surface area contributed by atoms with Gasteiger partial charge in [0, 0.05) is 18.2 Å². The normalized spacial score (nSPS) is 25.9. The van der Waals surface area contributed by atoms with Gasteiger partial charge in [0.25, 0.3) is 5.56 Å². The van der Waals surface area contributed by atoms with Crippen LogP contribution in [0.3, 0.4) is 0 Å². The summed E-state index contributed by atoms with van der Waals surface area (Å²) in [4.78, 5) is 27.4. The number of thiocarbonyl (C=S) groups is 1. The van der Waals surface area contributed by atoms with E-state index in [1.807, 2.05) is 66.9 Å². The SMILES string of the molecule is CSC(=S)O[C@H]1C[C@]2(COCc3ccccc3)O[C@@H](n3cc(C)c(=O)[nH]c3=O)[C@H]1[C@@H]2OCc1ccccc1. The van der Waals surface area contributed by atoms with Crippen LogP contribution in [0.15, 0.2) is 76.4 Å². The smallest absolute Gasteiger partial charge is 0.330 e. The van der Waals surface area contributed by atoms with Crippen LogP contribution >= 0.6 is 24.0 Å². The second-order valence-corrected chi connectivity index (χ2v) is 11.0. The zero-order valence-corrected chi connectivity index (χ0v) is 22.8.